The Morgan fingerprint density at radius 1 is 1.35 bits per heavy atom. The van der Waals surface area contributed by atoms with Crippen molar-refractivity contribution >= 4 is 5.91 Å². The number of rotatable bonds is 3. The van der Waals surface area contributed by atoms with Gasteiger partial charge < -0.3 is 4.90 Å². The van der Waals surface area contributed by atoms with Crippen molar-refractivity contribution in [1.82, 2.24) is 20.0 Å². The zero-order valence-corrected chi connectivity index (χ0v) is 12.3. The van der Waals surface area contributed by atoms with Gasteiger partial charge in [-0.1, -0.05) is 0 Å². The van der Waals surface area contributed by atoms with Crippen LogP contribution >= 0.6 is 0 Å². The summed E-state index contributed by atoms with van der Waals surface area (Å²) in [6.45, 7) is 6.58. The number of aryl methyl sites for hydroxylation is 1. The smallest absolute Gasteiger partial charge is 0.236 e. The summed E-state index contributed by atoms with van der Waals surface area (Å²) < 4.78 is 0. The lowest BCUT2D eigenvalue weighted by molar-refractivity contribution is -0.133. The van der Waals surface area contributed by atoms with Crippen molar-refractivity contribution in [3.63, 3.8) is 0 Å². The van der Waals surface area contributed by atoms with Crippen LogP contribution in [0.3, 0.4) is 0 Å². The molecule has 0 saturated carbocycles. The Hall–Kier alpha value is -1.36. The number of carbonyl (C=O) groups excluding carboxylic acids is 1. The third-order valence-corrected chi connectivity index (χ3v) is 4.62. The molecule has 5 heteroatoms. The Morgan fingerprint density at radius 3 is 2.85 bits per heavy atom. The van der Waals surface area contributed by atoms with E-state index < -0.39 is 0 Å². The van der Waals surface area contributed by atoms with Crippen molar-refractivity contribution in [2.24, 2.45) is 0 Å². The maximum Gasteiger partial charge on any atom is 0.236 e. The van der Waals surface area contributed by atoms with Crippen LogP contribution in [0.25, 0.3) is 0 Å². The van der Waals surface area contributed by atoms with Gasteiger partial charge in [0.15, 0.2) is 0 Å². The second-order valence-corrected chi connectivity index (χ2v) is 6.13. The Kier molecular flexibility index (Phi) is 4.05. The molecule has 1 aromatic rings. The maximum absolute atomic E-state index is 12.3. The van der Waals surface area contributed by atoms with Crippen molar-refractivity contribution in [2.45, 2.75) is 38.5 Å². The molecule has 1 atom stereocenters. The zero-order chi connectivity index (χ0) is 13.9. The van der Waals surface area contributed by atoms with Crippen LogP contribution in [-0.4, -0.2) is 58.6 Å². The number of nitrogens with zero attached hydrogens (tertiary/aromatic N) is 3. The molecule has 1 unspecified atom stereocenters. The summed E-state index contributed by atoms with van der Waals surface area (Å²) in [4.78, 5) is 16.6. The standard InChI is InChI=1S/C15H24N4O/c1-12-9-16-17-15(12)13-5-8-18(10-13)11-14(20)19-6-3-2-4-7-19/h9,13H,2-8,10-11H2,1H3,(H,16,17). The third kappa shape index (κ3) is 2.87. The molecule has 0 spiro atoms. The van der Waals surface area contributed by atoms with E-state index in [1.807, 2.05) is 11.1 Å². The molecule has 0 bridgehead atoms. The fraction of sp³-hybridized carbons (Fsp3) is 0.733. The lowest BCUT2D eigenvalue weighted by Crippen LogP contribution is -2.42. The second kappa shape index (κ2) is 5.95. The quantitative estimate of drug-likeness (QED) is 0.910. The van der Waals surface area contributed by atoms with Crippen molar-refractivity contribution in [3.8, 4) is 0 Å². The first-order chi connectivity index (χ1) is 9.74. The first-order valence-electron chi connectivity index (χ1n) is 7.74. The van der Waals surface area contributed by atoms with Gasteiger partial charge in [-0.3, -0.25) is 14.8 Å². The average Bonchev–Trinajstić information content (AvgIpc) is 3.08. The molecule has 0 radical (unpaired) electrons. The van der Waals surface area contributed by atoms with Crippen LogP contribution in [-0.2, 0) is 4.79 Å². The number of nitrogens with one attached hydrogen (secondary N) is 1. The van der Waals surface area contributed by atoms with Gasteiger partial charge in [0.25, 0.3) is 0 Å². The normalized spacial score (nSPS) is 24.2. The van der Waals surface area contributed by atoms with Gasteiger partial charge in [-0.25, -0.2) is 0 Å². The minimum absolute atomic E-state index is 0.312. The Balaban J connectivity index is 1.52. The highest BCUT2D eigenvalue weighted by Crippen LogP contribution is 2.27. The second-order valence-electron chi connectivity index (χ2n) is 6.13. The first kappa shape index (κ1) is 13.6. The van der Waals surface area contributed by atoms with Gasteiger partial charge in [0, 0.05) is 31.2 Å². The molecule has 1 amide bonds. The topological polar surface area (TPSA) is 52.2 Å². The summed E-state index contributed by atoms with van der Waals surface area (Å²) in [7, 11) is 0. The number of H-pyrrole nitrogens is 1. The molecule has 2 aliphatic heterocycles. The fourth-order valence-corrected chi connectivity index (χ4v) is 3.42. The molecular formula is C15H24N4O. The molecule has 0 aromatic carbocycles. The highest BCUT2D eigenvalue weighted by atomic mass is 16.2. The molecule has 2 aliphatic rings. The number of aromatic amines is 1. The van der Waals surface area contributed by atoms with Gasteiger partial charge in [0.2, 0.25) is 5.91 Å². The van der Waals surface area contributed by atoms with Crippen LogP contribution < -0.4 is 0 Å². The van der Waals surface area contributed by atoms with E-state index in [1.54, 1.807) is 0 Å². The predicted molar refractivity (Wildman–Crippen MR) is 77.6 cm³/mol. The van der Waals surface area contributed by atoms with Crippen LogP contribution in [0.1, 0.15) is 42.9 Å². The van der Waals surface area contributed by atoms with E-state index in [1.165, 1.54) is 30.5 Å². The summed E-state index contributed by atoms with van der Waals surface area (Å²) >= 11 is 0. The van der Waals surface area contributed by atoms with Gasteiger partial charge in [-0.2, -0.15) is 5.10 Å². The van der Waals surface area contributed by atoms with Crippen molar-refractivity contribution in [1.29, 1.82) is 0 Å². The molecule has 1 aromatic heterocycles. The minimum atomic E-state index is 0.312. The molecule has 110 valence electrons. The first-order valence-corrected chi connectivity index (χ1v) is 7.74. The molecular weight excluding hydrogens is 252 g/mol. The molecule has 2 fully saturated rings. The lowest BCUT2D eigenvalue weighted by Gasteiger charge is -2.28. The highest BCUT2D eigenvalue weighted by Gasteiger charge is 2.28. The Morgan fingerprint density at radius 2 is 2.15 bits per heavy atom. The van der Waals surface area contributed by atoms with Crippen LogP contribution in [0.15, 0.2) is 6.20 Å². The summed E-state index contributed by atoms with van der Waals surface area (Å²) in [5.41, 5.74) is 2.48. The highest BCUT2D eigenvalue weighted by molar-refractivity contribution is 5.78. The number of hydrogen-bond donors (Lipinski definition) is 1. The summed E-state index contributed by atoms with van der Waals surface area (Å²) in [6.07, 6.45) is 6.62. The molecule has 3 rings (SSSR count). The van der Waals surface area contributed by atoms with E-state index in [0.717, 1.165) is 32.6 Å². The number of carbonyl (C=O) groups is 1. The summed E-state index contributed by atoms with van der Waals surface area (Å²) in [5.74, 6) is 0.818. The largest absolute Gasteiger partial charge is 0.342 e. The van der Waals surface area contributed by atoms with Crippen LogP contribution in [0.5, 0.6) is 0 Å². The zero-order valence-electron chi connectivity index (χ0n) is 12.3. The molecule has 3 heterocycles. The van der Waals surface area contributed by atoms with Crippen LogP contribution in [0.2, 0.25) is 0 Å². The van der Waals surface area contributed by atoms with Crippen LogP contribution in [0, 0.1) is 6.92 Å². The predicted octanol–water partition coefficient (Wildman–Crippen LogP) is 1.52. The van der Waals surface area contributed by atoms with Crippen molar-refractivity contribution in [3.05, 3.63) is 17.5 Å². The number of hydrogen-bond acceptors (Lipinski definition) is 3. The SMILES string of the molecule is Cc1cn[nH]c1C1CCN(CC(=O)N2CCCCC2)C1. The van der Waals surface area contributed by atoms with Gasteiger partial charge in [-0.05, 0) is 44.7 Å². The van der Waals surface area contributed by atoms with E-state index in [0.29, 0.717) is 18.4 Å². The van der Waals surface area contributed by atoms with Gasteiger partial charge >= 0.3 is 0 Å². The average molecular weight is 276 g/mol. The fourth-order valence-electron chi connectivity index (χ4n) is 3.42. The van der Waals surface area contributed by atoms with E-state index >= 15 is 0 Å². The molecule has 5 nitrogen and oxygen atoms in total. The van der Waals surface area contributed by atoms with E-state index in [-0.39, 0.29) is 0 Å². The Labute approximate surface area is 120 Å². The molecule has 0 aliphatic carbocycles. The third-order valence-electron chi connectivity index (χ3n) is 4.62. The van der Waals surface area contributed by atoms with Gasteiger partial charge in [0.05, 0.1) is 12.7 Å². The molecule has 1 N–H and O–H groups in total. The number of likely N-dealkylation sites (tertiary alicyclic amines) is 2. The maximum atomic E-state index is 12.3. The summed E-state index contributed by atoms with van der Waals surface area (Å²) in [6, 6.07) is 0. The number of amides is 1. The Bertz CT molecular complexity index is 464. The molecule has 2 saturated heterocycles. The van der Waals surface area contributed by atoms with E-state index in [2.05, 4.69) is 22.0 Å². The number of aromatic nitrogens is 2. The van der Waals surface area contributed by atoms with Crippen molar-refractivity contribution < 1.29 is 4.79 Å². The van der Waals surface area contributed by atoms with Crippen molar-refractivity contribution in [2.75, 3.05) is 32.7 Å². The molecule has 20 heavy (non-hydrogen) atoms. The van der Waals surface area contributed by atoms with Gasteiger partial charge in [0.1, 0.15) is 0 Å². The van der Waals surface area contributed by atoms with E-state index in [4.69, 9.17) is 0 Å². The van der Waals surface area contributed by atoms with Crippen LogP contribution in [0.4, 0.5) is 0 Å². The van der Waals surface area contributed by atoms with Gasteiger partial charge in [-0.15, -0.1) is 0 Å². The lowest BCUT2D eigenvalue weighted by atomic mass is 10.0. The monoisotopic (exact) mass is 276 g/mol. The van der Waals surface area contributed by atoms with E-state index in [9.17, 15) is 4.79 Å². The number of piperidine rings is 1. The summed E-state index contributed by atoms with van der Waals surface area (Å²) in [5, 5.41) is 7.22. The minimum Gasteiger partial charge on any atom is -0.342 e.